The van der Waals surface area contributed by atoms with E-state index in [0.29, 0.717) is 41.0 Å². The summed E-state index contributed by atoms with van der Waals surface area (Å²) in [5.41, 5.74) is 2.00. The fourth-order valence-electron chi connectivity index (χ4n) is 3.36. The molecular formula is C21H25NO4S. The number of carbonyl (C=O) groups is 2. The number of rotatable bonds is 6. The lowest BCUT2D eigenvalue weighted by molar-refractivity contribution is 0.0526. The molecule has 27 heavy (non-hydrogen) atoms. The summed E-state index contributed by atoms with van der Waals surface area (Å²) < 4.78 is 10.8. The van der Waals surface area contributed by atoms with Crippen LogP contribution >= 0.6 is 11.3 Å². The SMILES string of the molecule is CCOC(=O)c1c(NC(=O)c2ccccc2OCC)sc2c1CCC(C)C2. The number of para-hydroxylation sites is 1. The van der Waals surface area contributed by atoms with Gasteiger partial charge in [-0.15, -0.1) is 11.3 Å². The summed E-state index contributed by atoms with van der Waals surface area (Å²) in [6, 6.07) is 7.12. The van der Waals surface area contributed by atoms with Crippen molar-refractivity contribution in [2.24, 2.45) is 5.92 Å². The lowest BCUT2D eigenvalue weighted by atomic mass is 9.88. The Morgan fingerprint density at radius 3 is 2.74 bits per heavy atom. The van der Waals surface area contributed by atoms with Crippen molar-refractivity contribution in [2.75, 3.05) is 18.5 Å². The molecule has 6 heteroatoms. The first-order valence-corrected chi connectivity index (χ1v) is 10.2. The van der Waals surface area contributed by atoms with Gasteiger partial charge in [-0.2, -0.15) is 0 Å². The fraction of sp³-hybridized carbons (Fsp3) is 0.429. The number of hydrogen-bond acceptors (Lipinski definition) is 5. The molecule has 1 aliphatic carbocycles. The number of fused-ring (bicyclic) bond motifs is 1. The van der Waals surface area contributed by atoms with Crippen LogP contribution < -0.4 is 10.1 Å². The molecule has 0 saturated carbocycles. The molecule has 1 aliphatic rings. The van der Waals surface area contributed by atoms with Crippen LogP contribution in [0.4, 0.5) is 5.00 Å². The second kappa shape index (κ2) is 8.57. The third-order valence-electron chi connectivity index (χ3n) is 4.65. The Kier molecular flexibility index (Phi) is 6.16. The average Bonchev–Trinajstić information content (AvgIpc) is 2.99. The molecule has 0 radical (unpaired) electrons. The molecule has 1 atom stereocenters. The molecule has 1 amide bonds. The van der Waals surface area contributed by atoms with Crippen molar-refractivity contribution in [2.45, 2.75) is 40.0 Å². The number of nitrogens with one attached hydrogen (secondary N) is 1. The van der Waals surface area contributed by atoms with E-state index in [9.17, 15) is 9.59 Å². The lowest BCUT2D eigenvalue weighted by Gasteiger charge is -2.18. The molecule has 2 aromatic rings. The van der Waals surface area contributed by atoms with Gasteiger partial charge in [0.15, 0.2) is 0 Å². The van der Waals surface area contributed by atoms with Crippen LogP contribution in [-0.2, 0) is 17.6 Å². The van der Waals surface area contributed by atoms with Gasteiger partial charge in [0.05, 0.1) is 24.3 Å². The van der Waals surface area contributed by atoms with Gasteiger partial charge in [0.2, 0.25) is 0 Å². The first-order chi connectivity index (χ1) is 13.0. The molecule has 5 nitrogen and oxygen atoms in total. The second-order valence-electron chi connectivity index (χ2n) is 6.66. The van der Waals surface area contributed by atoms with Gasteiger partial charge in [-0.3, -0.25) is 4.79 Å². The first kappa shape index (κ1) is 19.4. The summed E-state index contributed by atoms with van der Waals surface area (Å²) in [5.74, 6) is 0.466. The van der Waals surface area contributed by atoms with Crippen molar-refractivity contribution < 1.29 is 19.1 Å². The summed E-state index contributed by atoms with van der Waals surface area (Å²) in [4.78, 5) is 26.6. The van der Waals surface area contributed by atoms with Crippen molar-refractivity contribution in [3.63, 3.8) is 0 Å². The maximum Gasteiger partial charge on any atom is 0.341 e. The normalized spacial score (nSPS) is 15.7. The van der Waals surface area contributed by atoms with Crippen LogP contribution in [-0.4, -0.2) is 25.1 Å². The van der Waals surface area contributed by atoms with Gasteiger partial charge in [0.1, 0.15) is 10.8 Å². The Balaban J connectivity index is 1.94. The molecule has 0 aliphatic heterocycles. The Morgan fingerprint density at radius 2 is 2.00 bits per heavy atom. The van der Waals surface area contributed by atoms with Gasteiger partial charge in [-0.1, -0.05) is 19.1 Å². The van der Waals surface area contributed by atoms with Crippen LogP contribution in [0, 0.1) is 5.92 Å². The van der Waals surface area contributed by atoms with Crippen molar-refractivity contribution in [1.82, 2.24) is 0 Å². The number of ether oxygens (including phenoxy) is 2. The van der Waals surface area contributed by atoms with E-state index in [4.69, 9.17) is 9.47 Å². The van der Waals surface area contributed by atoms with Crippen molar-refractivity contribution in [1.29, 1.82) is 0 Å². The Morgan fingerprint density at radius 1 is 1.22 bits per heavy atom. The van der Waals surface area contributed by atoms with Crippen LogP contribution in [0.1, 0.15) is 58.3 Å². The number of esters is 1. The summed E-state index contributed by atoms with van der Waals surface area (Å²) in [7, 11) is 0. The quantitative estimate of drug-likeness (QED) is 0.730. The standard InChI is InChI=1S/C21H25NO4S/c1-4-25-16-9-7-6-8-14(16)19(23)22-20-18(21(24)26-5-2)15-11-10-13(3)12-17(15)27-20/h6-9,13H,4-5,10-12H2,1-3H3,(H,22,23). The monoisotopic (exact) mass is 387 g/mol. The van der Waals surface area contributed by atoms with Gasteiger partial charge in [0.25, 0.3) is 5.91 Å². The zero-order chi connectivity index (χ0) is 19.4. The number of thiophene rings is 1. The molecule has 0 bridgehead atoms. The molecule has 1 unspecified atom stereocenters. The zero-order valence-corrected chi connectivity index (χ0v) is 16.8. The van der Waals surface area contributed by atoms with Crippen molar-refractivity contribution >= 4 is 28.2 Å². The molecule has 1 heterocycles. The van der Waals surface area contributed by atoms with Crippen molar-refractivity contribution in [3.05, 3.63) is 45.8 Å². The van der Waals surface area contributed by atoms with Gasteiger partial charge >= 0.3 is 5.97 Å². The van der Waals surface area contributed by atoms with E-state index in [1.54, 1.807) is 25.1 Å². The van der Waals surface area contributed by atoms with Crippen LogP contribution in [0.25, 0.3) is 0 Å². The molecule has 0 saturated heterocycles. The summed E-state index contributed by atoms with van der Waals surface area (Å²) in [6.07, 6.45) is 2.81. The molecule has 0 spiro atoms. The Labute approximate surface area is 163 Å². The highest BCUT2D eigenvalue weighted by Crippen LogP contribution is 2.40. The van der Waals surface area contributed by atoms with E-state index in [0.717, 1.165) is 24.8 Å². The highest BCUT2D eigenvalue weighted by Gasteiger charge is 2.29. The van der Waals surface area contributed by atoms with Crippen LogP contribution in [0.3, 0.4) is 0 Å². The maximum atomic E-state index is 12.9. The predicted octanol–water partition coefficient (Wildman–Crippen LogP) is 4.70. The van der Waals surface area contributed by atoms with Crippen LogP contribution in [0.5, 0.6) is 5.75 Å². The summed E-state index contributed by atoms with van der Waals surface area (Å²) in [6.45, 7) is 6.66. The zero-order valence-electron chi connectivity index (χ0n) is 16.0. The van der Waals surface area contributed by atoms with E-state index >= 15 is 0 Å². The number of hydrogen-bond donors (Lipinski definition) is 1. The molecule has 0 fully saturated rings. The number of benzene rings is 1. The minimum absolute atomic E-state index is 0.281. The molecule has 3 rings (SSSR count). The summed E-state index contributed by atoms with van der Waals surface area (Å²) >= 11 is 1.49. The van der Waals surface area contributed by atoms with E-state index in [1.807, 2.05) is 13.0 Å². The minimum Gasteiger partial charge on any atom is -0.493 e. The van der Waals surface area contributed by atoms with Crippen LogP contribution in [0.15, 0.2) is 24.3 Å². The van der Waals surface area contributed by atoms with Gasteiger partial charge < -0.3 is 14.8 Å². The molecule has 1 aromatic carbocycles. The Bertz CT molecular complexity index is 843. The third kappa shape index (κ3) is 4.16. The number of anilines is 1. The second-order valence-corrected chi connectivity index (χ2v) is 7.76. The number of amides is 1. The lowest BCUT2D eigenvalue weighted by Crippen LogP contribution is -2.17. The van der Waals surface area contributed by atoms with Gasteiger partial charge in [0, 0.05) is 4.88 Å². The fourth-order valence-corrected chi connectivity index (χ4v) is 4.76. The Hall–Kier alpha value is -2.34. The predicted molar refractivity (Wildman–Crippen MR) is 107 cm³/mol. The average molecular weight is 388 g/mol. The van der Waals surface area contributed by atoms with E-state index in [2.05, 4.69) is 12.2 Å². The van der Waals surface area contributed by atoms with E-state index in [1.165, 1.54) is 16.2 Å². The summed E-state index contributed by atoms with van der Waals surface area (Å²) in [5, 5.41) is 3.51. The highest BCUT2D eigenvalue weighted by atomic mass is 32.1. The topological polar surface area (TPSA) is 64.6 Å². The minimum atomic E-state index is -0.363. The van der Waals surface area contributed by atoms with Crippen molar-refractivity contribution in [3.8, 4) is 5.75 Å². The smallest absolute Gasteiger partial charge is 0.341 e. The van der Waals surface area contributed by atoms with Gasteiger partial charge in [-0.25, -0.2) is 4.79 Å². The van der Waals surface area contributed by atoms with E-state index in [-0.39, 0.29) is 11.9 Å². The van der Waals surface area contributed by atoms with Gasteiger partial charge in [-0.05, 0) is 56.7 Å². The van der Waals surface area contributed by atoms with Crippen LogP contribution in [0.2, 0.25) is 0 Å². The maximum absolute atomic E-state index is 12.9. The molecular weight excluding hydrogens is 362 g/mol. The first-order valence-electron chi connectivity index (χ1n) is 9.39. The molecule has 1 aromatic heterocycles. The molecule has 1 N–H and O–H groups in total. The van der Waals surface area contributed by atoms with E-state index < -0.39 is 0 Å². The number of carbonyl (C=O) groups excluding carboxylic acids is 2. The largest absolute Gasteiger partial charge is 0.493 e. The highest BCUT2D eigenvalue weighted by molar-refractivity contribution is 7.17. The third-order valence-corrected chi connectivity index (χ3v) is 5.82. The molecule has 144 valence electrons.